The first kappa shape index (κ1) is 20.5. The summed E-state index contributed by atoms with van der Waals surface area (Å²) in [5.41, 5.74) is 0. The van der Waals surface area contributed by atoms with E-state index in [9.17, 15) is 13.2 Å². The van der Waals surface area contributed by atoms with Gasteiger partial charge in [0.2, 0.25) is 0 Å². The Morgan fingerprint density at radius 1 is 1.19 bits per heavy atom. The van der Waals surface area contributed by atoms with E-state index in [0.717, 1.165) is 32.4 Å². The van der Waals surface area contributed by atoms with Gasteiger partial charge in [0.1, 0.15) is 0 Å². The molecule has 0 saturated carbocycles. The van der Waals surface area contributed by atoms with Crippen LogP contribution in [0.4, 0.5) is 4.79 Å². The standard InChI is InChI=1S/C17H22Cl2N2O5S/c18-13-6-7-14(19)16(10-13)26-27(23,24)20-17(22)25-11-12-4-3-9-21-8-2-1-5-15(12)21/h6-7,10,12,15H,1-5,8-9,11H2,(H,20,22)/t12-,15-/m0/s1. The Balaban J connectivity index is 1.53. The third-order valence-corrected chi connectivity index (χ3v) is 6.32. The van der Waals surface area contributed by atoms with E-state index < -0.39 is 16.4 Å². The van der Waals surface area contributed by atoms with Crippen LogP contribution in [0.1, 0.15) is 32.1 Å². The van der Waals surface area contributed by atoms with Crippen molar-refractivity contribution in [3.8, 4) is 5.75 Å². The summed E-state index contributed by atoms with van der Waals surface area (Å²) in [4.78, 5) is 14.4. The summed E-state index contributed by atoms with van der Waals surface area (Å²) in [6, 6.07) is 4.53. The van der Waals surface area contributed by atoms with Gasteiger partial charge in [0.05, 0.1) is 11.6 Å². The van der Waals surface area contributed by atoms with Gasteiger partial charge in [-0.15, -0.1) is 0 Å². The molecule has 2 saturated heterocycles. The highest BCUT2D eigenvalue weighted by Crippen LogP contribution is 2.31. The predicted molar refractivity (Wildman–Crippen MR) is 102 cm³/mol. The van der Waals surface area contributed by atoms with Gasteiger partial charge in [-0.1, -0.05) is 29.6 Å². The lowest BCUT2D eigenvalue weighted by Gasteiger charge is -2.44. The van der Waals surface area contributed by atoms with Crippen molar-refractivity contribution in [1.82, 2.24) is 9.62 Å². The van der Waals surface area contributed by atoms with E-state index in [1.54, 1.807) is 4.72 Å². The van der Waals surface area contributed by atoms with Gasteiger partial charge in [-0.3, -0.25) is 4.90 Å². The second-order valence-electron chi connectivity index (χ2n) is 6.81. The van der Waals surface area contributed by atoms with E-state index in [4.69, 9.17) is 32.1 Å². The van der Waals surface area contributed by atoms with E-state index in [2.05, 4.69) is 4.90 Å². The van der Waals surface area contributed by atoms with Gasteiger partial charge in [-0.2, -0.15) is 13.1 Å². The van der Waals surface area contributed by atoms with Gasteiger partial charge in [0.15, 0.2) is 5.75 Å². The Morgan fingerprint density at radius 3 is 2.78 bits per heavy atom. The molecule has 1 N–H and O–H groups in total. The number of ether oxygens (including phenoxy) is 1. The van der Waals surface area contributed by atoms with Crippen LogP contribution < -0.4 is 8.91 Å². The lowest BCUT2D eigenvalue weighted by molar-refractivity contribution is 0.0244. The summed E-state index contributed by atoms with van der Waals surface area (Å²) in [5.74, 6) is 0.0467. The van der Waals surface area contributed by atoms with E-state index in [0.29, 0.717) is 6.04 Å². The van der Waals surface area contributed by atoms with Crippen LogP contribution >= 0.6 is 23.2 Å². The quantitative estimate of drug-likeness (QED) is 0.758. The third-order valence-electron chi connectivity index (χ3n) is 4.96. The van der Waals surface area contributed by atoms with Crippen LogP contribution in [0.2, 0.25) is 10.0 Å². The van der Waals surface area contributed by atoms with Crippen LogP contribution in [0.3, 0.4) is 0 Å². The molecule has 150 valence electrons. The highest BCUT2D eigenvalue weighted by molar-refractivity contribution is 7.85. The average molecular weight is 437 g/mol. The first-order valence-electron chi connectivity index (χ1n) is 8.92. The van der Waals surface area contributed by atoms with E-state index in [-0.39, 0.29) is 28.3 Å². The SMILES string of the molecule is O=C(NS(=O)(=O)Oc1cc(Cl)ccc1Cl)OC[C@@H]1CCCN2CCCC[C@@H]12. The molecule has 1 aromatic rings. The molecule has 0 aromatic heterocycles. The molecule has 7 nitrogen and oxygen atoms in total. The lowest BCUT2D eigenvalue weighted by atomic mass is 9.84. The number of rotatable bonds is 5. The minimum Gasteiger partial charge on any atom is -0.448 e. The van der Waals surface area contributed by atoms with Crippen LogP contribution in [0, 0.1) is 5.92 Å². The Hall–Kier alpha value is -1.22. The molecule has 2 fully saturated rings. The molecule has 2 heterocycles. The van der Waals surface area contributed by atoms with Gasteiger partial charge in [-0.05, 0) is 50.9 Å². The van der Waals surface area contributed by atoms with Gasteiger partial charge < -0.3 is 8.92 Å². The van der Waals surface area contributed by atoms with Crippen molar-refractivity contribution in [2.75, 3.05) is 19.7 Å². The van der Waals surface area contributed by atoms with Crippen LogP contribution in [-0.2, 0) is 15.0 Å². The summed E-state index contributed by atoms with van der Waals surface area (Å²) < 4.78 is 35.7. The van der Waals surface area contributed by atoms with Crippen molar-refractivity contribution in [1.29, 1.82) is 0 Å². The maximum Gasteiger partial charge on any atom is 0.423 e. The van der Waals surface area contributed by atoms with Gasteiger partial charge in [-0.25, -0.2) is 4.79 Å². The Morgan fingerprint density at radius 2 is 1.96 bits per heavy atom. The Bertz CT molecular complexity index is 788. The topological polar surface area (TPSA) is 84.9 Å². The van der Waals surface area contributed by atoms with Crippen LogP contribution in [0.15, 0.2) is 18.2 Å². The summed E-state index contributed by atoms with van der Waals surface area (Å²) in [6.45, 7) is 2.34. The second-order valence-corrected chi connectivity index (χ2v) is 8.94. The van der Waals surface area contributed by atoms with Crippen LogP contribution in [0.5, 0.6) is 5.75 Å². The fourth-order valence-corrected chi connectivity index (χ4v) is 4.81. The number of nitrogens with one attached hydrogen (secondary N) is 1. The number of carbonyl (C=O) groups excluding carboxylic acids is 1. The first-order chi connectivity index (χ1) is 12.8. The Kier molecular flexibility index (Phi) is 6.73. The second kappa shape index (κ2) is 8.86. The van der Waals surface area contributed by atoms with Crippen LogP contribution in [0.25, 0.3) is 0 Å². The van der Waals surface area contributed by atoms with Crippen molar-refractivity contribution in [3.63, 3.8) is 0 Å². The number of carbonyl (C=O) groups is 1. The van der Waals surface area contributed by atoms with Gasteiger partial charge >= 0.3 is 16.4 Å². The normalized spacial score (nSPS) is 23.3. The maximum absolute atomic E-state index is 12.0. The molecule has 0 unspecified atom stereocenters. The number of hydrogen-bond donors (Lipinski definition) is 1. The molecule has 2 aliphatic heterocycles. The molecule has 10 heteroatoms. The number of halogens is 2. The Labute approximate surface area is 169 Å². The van der Waals surface area contributed by atoms with Gasteiger partial charge in [0, 0.05) is 23.0 Å². The number of benzene rings is 1. The van der Waals surface area contributed by atoms with Crippen molar-refractivity contribution in [2.45, 2.75) is 38.1 Å². The molecule has 0 aliphatic carbocycles. The summed E-state index contributed by atoms with van der Waals surface area (Å²) in [7, 11) is -4.43. The zero-order chi connectivity index (χ0) is 19.4. The number of piperidine rings is 2. The smallest absolute Gasteiger partial charge is 0.423 e. The highest BCUT2D eigenvalue weighted by atomic mass is 35.5. The van der Waals surface area contributed by atoms with E-state index in [1.807, 2.05) is 0 Å². The summed E-state index contributed by atoms with van der Waals surface area (Å²) in [5, 5.41) is 0.305. The monoisotopic (exact) mass is 436 g/mol. The number of amides is 1. The van der Waals surface area contributed by atoms with E-state index >= 15 is 0 Å². The zero-order valence-electron chi connectivity index (χ0n) is 14.7. The maximum atomic E-state index is 12.0. The fourth-order valence-electron chi connectivity index (χ4n) is 3.77. The molecule has 0 radical (unpaired) electrons. The average Bonchev–Trinajstić information content (AvgIpc) is 2.62. The molecular formula is C17H22Cl2N2O5S. The van der Waals surface area contributed by atoms with Crippen molar-refractivity contribution >= 4 is 39.6 Å². The first-order valence-corrected chi connectivity index (χ1v) is 11.1. The van der Waals surface area contributed by atoms with Crippen LogP contribution in [-0.4, -0.2) is 45.1 Å². The summed E-state index contributed by atoms with van der Waals surface area (Å²) >= 11 is 11.7. The molecule has 1 amide bonds. The van der Waals surface area contributed by atoms with Gasteiger partial charge in [0.25, 0.3) is 0 Å². The van der Waals surface area contributed by atoms with Crippen molar-refractivity contribution in [3.05, 3.63) is 28.2 Å². The third kappa shape index (κ3) is 5.63. The molecule has 0 spiro atoms. The molecule has 3 rings (SSSR count). The minimum absolute atomic E-state index is 0.0535. The highest BCUT2D eigenvalue weighted by Gasteiger charge is 2.34. The number of fused-ring (bicyclic) bond motifs is 1. The number of hydrogen-bond acceptors (Lipinski definition) is 6. The summed E-state index contributed by atoms with van der Waals surface area (Å²) in [6.07, 6.45) is 4.42. The van der Waals surface area contributed by atoms with Crippen molar-refractivity contribution in [2.24, 2.45) is 5.92 Å². The molecule has 1 aromatic carbocycles. The molecule has 0 bridgehead atoms. The van der Waals surface area contributed by atoms with E-state index in [1.165, 1.54) is 31.0 Å². The molecule has 2 aliphatic rings. The molecule has 2 atom stereocenters. The number of nitrogens with zero attached hydrogens (tertiary/aromatic N) is 1. The fraction of sp³-hybridized carbons (Fsp3) is 0.588. The predicted octanol–water partition coefficient (Wildman–Crippen LogP) is 3.61. The van der Waals surface area contributed by atoms with Crippen molar-refractivity contribution < 1.29 is 22.1 Å². The minimum atomic E-state index is -4.43. The zero-order valence-corrected chi connectivity index (χ0v) is 17.0. The lowest BCUT2D eigenvalue weighted by Crippen LogP contribution is -2.49. The largest absolute Gasteiger partial charge is 0.448 e. The molecular weight excluding hydrogens is 415 g/mol. The molecule has 27 heavy (non-hydrogen) atoms.